The Kier molecular flexibility index (Phi) is 7.49. The number of fused-ring (bicyclic) bond motifs is 2. The lowest BCUT2D eigenvalue weighted by atomic mass is 10.1. The van der Waals surface area contributed by atoms with Gasteiger partial charge in [-0.3, -0.25) is 15.0 Å². The van der Waals surface area contributed by atoms with Crippen molar-refractivity contribution in [2.75, 3.05) is 44.8 Å². The third kappa shape index (κ3) is 5.13. The summed E-state index contributed by atoms with van der Waals surface area (Å²) < 4.78 is 18.9. The number of nitrogens with one attached hydrogen (secondary N) is 1. The Morgan fingerprint density at radius 1 is 0.976 bits per heavy atom. The monoisotopic (exact) mass is 562 g/mol. The summed E-state index contributed by atoms with van der Waals surface area (Å²) >= 11 is 0. The smallest absolute Gasteiger partial charge is 0.340 e. The highest BCUT2D eigenvalue weighted by molar-refractivity contribution is 5.97. The molecule has 212 valence electrons. The van der Waals surface area contributed by atoms with Crippen molar-refractivity contribution in [3.63, 3.8) is 0 Å². The highest BCUT2D eigenvalue weighted by Gasteiger charge is 2.24. The van der Waals surface area contributed by atoms with E-state index in [0.717, 1.165) is 33.2 Å². The van der Waals surface area contributed by atoms with Crippen molar-refractivity contribution < 1.29 is 19.0 Å². The van der Waals surface area contributed by atoms with E-state index >= 15 is 0 Å². The summed E-state index contributed by atoms with van der Waals surface area (Å²) in [5.74, 6) is 2.61. The van der Waals surface area contributed by atoms with Crippen LogP contribution in [0.3, 0.4) is 0 Å². The molecule has 10 heteroatoms. The fraction of sp³-hybridized carbons (Fsp3) is 0.219. The number of carbonyl (C=O) groups excluding carboxylic acids is 1. The molecule has 5 aromatic rings. The Balaban J connectivity index is 1.18. The molecule has 0 aliphatic carbocycles. The standard InChI is InChI=1S/C32H30N6O4/c1-3-41-30-19-26-25(18-29(30)40-2)31(22(20-33)21-34-26)36-14-16-37(17-15-36)35-32(39)38-13-12-24-27(38)10-7-11-28(24)42-23-8-5-4-6-9-23/h4-13,18-19,21H,3,14-17H2,1-2H3,(H,35,39). The maximum Gasteiger partial charge on any atom is 0.340 e. The van der Waals surface area contributed by atoms with E-state index in [1.807, 2.05) is 78.7 Å². The number of hydrogen-bond donors (Lipinski definition) is 1. The van der Waals surface area contributed by atoms with Crippen molar-refractivity contribution in [1.29, 1.82) is 5.26 Å². The average Bonchev–Trinajstić information content (AvgIpc) is 3.47. The molecule has 1 fully saturated rings. The number of amides is 1. The van der Waals surface area contributed by atoms with Gasteiger partial charge in [0.05, 0.1) is 36.0 Å². The summed E-state index contributed by atoms with van der Waals surface area (Å²) in [4.78, 5) is 20.0. The number of nitrogens with zero attached hydrogens (tertiary/aromatic N) is 5. The summed E-state index contributed by atoms with van der Waals surface area (Å²) in [5, 5.41) is 13.5. The maximum absolute atomic E-state index is 13.3. The van der Waals surface area contributed by atoms with E-state index in [1.165, 1.54) is 0 Å². The summed E-state index contributed by atoms with van der Waals surface area (Å²) in [6.45, 7) is 4.75. The van der Waals surface area contributed by atoms with Crippen LogP contribution in [0.1, 0.15) is 12.5 Å². The second-order valence-corrected chi connectivity index (χ2v) is 9.77. The van der Waals surface area contributed by atoms with Crippen LogP contribution < -0.4 is 24.5 Å². The van der Waals surface area contributed by atoms with E-state index < -0.39 is 0 Å². The number of nitriles is 1. The van der Waals surface area contributed by atoms with E-state index in [4.69, 9.17) is 14.2 Å². The molecule has 0 radical (unpaired) electrons. The van der Waals surface area contributed by atoms with Gasteiger partial charge < -0.3 is 19.1 Å². The Morgan fingerprint density at radius 3 is 2.52 bits per heavy atom. The van der Waals surface area contributed by atoms with Gasteiger partial charge in [-0.05, 0) is 43.3 Å². The molecule has 6 rings (SSSR count). The summed E-state index contributed by atoms with van der Waals surface area (Å²) in [5.41, 5.74) is 5.80. The van der Waals surface area contributed by atoms with Crippen LogP contribution in [0.25, 0.3) is 21.8 Å². The fourth-order valence-electron chi connectivity index (χ4n) is 5.29. The van der Waals surface area contributed by atoms with E-state index in [0.29, 0.717) is 55.6 Å². The van der Waals surface area contributed by atoms with Gasteiger partial charge in [0.2, 0.25) is 0 Å². The molecule has 42 heavy (non-hydrogen) atoms. The number of hydrazine groups is 1. The molecule has 0 atom stereocenters. The second-order valence-electron chi connectivity index (χ2n) is 9.77. The quantitative estimate of drug-likeness (QED) is 0.275. The van der Waals surface area contributed by atoms with Crippen LogP contribution in [0.2, 0.25) is 0 Å². The zero-order valence-electron chi connectivity index (χ0n) is 23.4. The molecule has 1 amide bonds. The van der Waals surface area contributed by atoms with Crippen LogP contribution >= 0.6 is 0 Å². The number of ether oxygens (including phenoxy) is 3. The lowest BCUT2D eigenvalue weighted by Gasteiger charge is -2.36. The van der Waals surface area contributed by atoms with E-state index in [9.17, 15) is 10.1 Å². The van der Waals surface area contributed by atoms with Gasteiger partial charge in [-0.2, -0.15) is 5.26 Å². The number of aromatic nitrogens is 2. The van der Waals surface area contributed by atoms with Crippen molar-refractivity contribution in [3.05, 3.63) is 84.7 Å². The number of para-hydroxylation sites is 1. The molecule has 1 aliphatic rings. The molecule has 3 aromatic carbocycles. The number of hydrogen-bond acceptors (Lipinski definition) is 8. The SMILES string of the molecule is CCOc1cc2ncc(C#N)c(N3CCN(NC(=O)n4ccc5c(Oc6ccccc6)cccc54)CC3)c2cc1OC. The molecule has 10 nitrogen and oxygen atoms in total. The average molecular weight is 563 g/mol. The minimum atomic E-state index is -0.254. The Bertz CT molecular complexity index is 1790. The number of anilines is 1. The van der Waals surface area contributed by atoms with Crippen molar-refractivity contribution in [2.45, 2.75) is 6.92 Å². The zero-order valence-corrected chi connectivity index (χ0v) is 23.4. The minimum absolute atomic E-state index is 0.254. The van der Waals surface area contributed by atoms with Crippen LogP contribution in [0.4, 0.5) is 10.5 Å². The largest absolute Gasteiger partial charge is 0.493 e. The first-order valence-corrected chi connectivity index (χ1v) is 13.8. The van der Waals surface area contributed by atoms with Crippen LogP contribution in [0.5, 0.6) is 23.0 Å². The number of piperazine rings is 1. The number of benzene rings is 3. The molecule has 1 N–H and O–H groups in total. The number of carbonyl (C=O) groups is 1. The lowest BCUT2D eigenvalue weighted by Crippen LogP contribution is -2.54. The number of methoxy groups -OCH3 is 1. The van der Waals surface area contributed by atoms with Crippen molar-refractivity contribution in [3.8, 4) is 29.1 Å². The second kappa shape index (κ2) is 11.7. The molecule has 3 heterocycles. The van der Waals surface area contributed by atoms with Gasteiger partial charge in [0.25, 0.3) is 0 Å². The van der Waals surface area contributed by atoms with E-state index in [-0.39, 0.29) is 6.03 Å². The van der Waals surface area contributed by atoms with Crippen LogP contribution in [-0.4, -0.2) is 60.5 Å². The van der Waals surface area contributed by atoms with Gasteiger partial charge in [0, 0.05) is 55.4 Å². The van der Waals surface area contributed by atoms with Gasteiger partial charge >= 0.3 is 6.03 Å². The van der Waals surface area contributed by atoms with Crippen LogP contribution in [-0.2, 0) is 0 Å². The number of pyridine rings is 1. The predicted molar refractivity (Wildman–Crippen MR) is 160 cm³/mol. The molecule has 1 aliphatic heterocycles. The summed E-state index contributed by atoms with van der Waals surface area (Å²) in [6, 6.07) is 22.9. The highest BCUT2D eigenvalue weighted by Crippen LogP contribution is 2.38. The molecule has 1 saturated heterocycles. The predicted octanol–water partition coefficient (Wildman–Crippen LogP) is 5.56. The first-order chi connectivity index (χ1) is 20.6. The molecular weight excluding hydrogens is 532 g/mol. The molecule has 0 unspecified atom stereocenters. The van der Waals surface area contributed by atoms with Gasteiger partial charge in [0.15, 0.2) is 11.5 Å². The molecule has 0 spiro atoms. The topological polar surface area (TPSA) is 105 Å². The van der Waals surface area contributed by atoms with E-state index in [1.54, 1.807) is 24.1 Å². The fourth-order valence-corrected chi connectivity index (χ4v) is 5.29. The molecule has 0 bridgehead atoms. The zero-order chi connectivity index (χ0) is 29.1. The molecular formula is C32H30N6O4. The van der Waals surface area contributed by atoms with Crippen LogP contribution in [0.15, 0.2) is 79.1 Å². The van der Waals surface area contributed by atoms with Gasteiger partial charge in [0.1, 0.15) is 17.6 Å². The third-order valence-electron chi connectivity index (χ3n) is 7.28. The van der Waals surface area contributed by atoms with Crippen molar-refractivity contribution in [2.24, 2.45) is 0 Å². The van der Waals surface area contributed by atoms with Gasteiger partial charge in [-0.15, -0.1) is 0 Å². The summed E-state index contributed by atoms with van der Waals surface area (Å²) in [6.07, 6.45) is 3.35. The molecule has 2 aromatic heterocycles. The Hall–Kier alpha value is -5.27. The van der Waals surface area contributed by atoms with Crippen LogP contribution in [0, 0.1) is 11.3 Å². The minimum Gasteiger partial charge on any atom is -0.493 e. The maximum atomic E-state index is 13.3. The molecule has 0 saturated carbocycles. The first kappa shape index (κ1) is 26.9. The number of rotatable bonds is 7. The third-order valence-corrected chi connectivity index (χ3v) is 7.28. The summed E-state index contributed by atoms with van der Waals surface area (Å²) in [7, 11) is 1.59. The van der Waals surface area contributed by atoms with Gasteiger partial charge in [-0.25, -0.2) is 9.80 Å². The van der Waals surface area contributed by atoms with Gasteiger partial charge in [-0.1, -0.05) is 24.3 Å². The van der Waals surface area contributed by atoms with E-state index in [2.05, 4.69) is 21.4 Å². The first-order valence-electron chi connectivity index (χ1n) is 13.8. The van der Waals surface area contributed by atoms with Crippen molar-refractivity contribution in [1.82, 2.24) is 20.0 Å². The Morgan fingerprint density at radius 2 is 1.79 bits per heavy atom. The van der Waals surface area contributed by atoms with Crippen molar-refractivity contribution >= 4 is 33.5 Å². The highest BCUT2D eigenvalue weighted by atomic mass is 16.5. The normalized spacial score (nSPS) is 13.6. The lowest BCUT2D eigenvalue weighted by molar-refractivity contribution is 0.171. The Labute approximate surface area is 243 Å².